The van der Waals surface area contributed by atoms with Crippen LogP contribution in [0.25, 0.3) is 10.9 Å². The lowest BCUT2D eigenvalue weighted by molar-refractivity contribution is 0.466. The van der Waals surface area contributed by atoms with E-state index in [2.05, 4.69) is 54.5 Å². The van der Waals surface area contributed by atoms with E-state index in [-0.39, 0.29) is 0 Å². The van der Waals surface area contributed by atoms with Crippen LogP contribution in [0.3, 0.4) is 0 Å². The van der Waals surface area contributed by atoms with Gasteiger partial charge in [0.2, 0.25) is 0 Å². The average Bonchev–Trinajstić information content (AvgIpc) is 2.37. The van der Waals surface area contributed by atoms with Gasteiger partial charge in [0.05, 0.1) is 5.52 Å². The van der Waals surface area contributed by atoms with Crippen LogP contribution in [-0.4, -0.2) is 18.6 Å². The molecule has 0 bridgehead atoms. The SMILES string of the molecule is CNCC(C)C(C)c1ccc2nc(C)ccc2c1. The normalized spacial score (nSPS) is 14.7. The average molecular weight is 242 g/mol. The quantitative estimate of drug-likeness (QED) is 0.887. The summed E-state index contributed by atoms with van der Waals surface area (Å²) in [6, 6.07) is 10.9. The molecule has 0 aliphatic carbocycles. The number of hydrogen-bond donors (Lipinski definition) is 1. The minimum absolute atomic E-state index is 0.558. The van der Waals surface area contributed by atoms with Crippen LogP contribution in [0.15, 0.2) is 30.3 Å². The predicted molar refractivity (Wildman–Crippen MR) is 78.0 cm³/mol. The molecule has 2 unspecified atom stereocenters. The molecule has 1 heterocycles. The van der Waals surface area contributed by atoms with Gasteiger partial charge in [-0.25, -0.2) is 0 Å². The first-order valence-electron chi connectivity index (χ1n) is 6.63. The molecule has 1 N–H and O–H groups in total. The van der Waals surface area contributed by atoms with Crippen molar-refractivity contribution in [3.05, 3.63) is 41.6 Å². The lowest BCUT2D eigenvalue weighted by Crippen LogP contribution is -2.20. The molecule has 0 saturated heterocycles. The van der Waals surface area contributed by atoms with Gasteiger partial charge < -0.3 is 5.32 Å². The van der Waals surface area contributed by atoms with Crippen molar-refractivity contribution in [2.24, 2.45) is 5.92 Å². The van der Waals surface area contributed by atoms with Crippen LogP contribution in [0.5, 0.6) is 0 Å². The topological polar surface area (TPSA) is 24.9 Å². The van der Waals surface area contributed by atoms with E-state index in [1.54, 1.807) is 0 Å². The zero-order valence-corrected chi connectivity index (χ0v) is 11.7. The lowest BCUT2D eigenvalue weighted by atomic mass is 9.88. The summed E-state index contributed by atoms with van der Waals surface area (Å²) in [7, 11) is 2.01. The molecule has 2 aromatic rings. The third-order valence-electron chi connectivity index (χ3n) is 3.76. The second-order valence-corrected chi connectivity index (χ2v) is 5.23. The number of benzene rings is 1. The summed E-state index contributed by atoms with van der Waals surface area (Å²) in [5.74, 6) is 1.19. The van der Waals surface area contributed by atoms with Gasteiger partial charge in [0, 0.05) is 11.1 Å². The van der Waals surface area contributed by atoms with Crippen molar-refractivity contribution in [1.82, 2.24) is 10.3 Å². The summed E-state index contributed by atoms with van der Waals surface area (Å²) in [6.45, 7) is 7.67. The molecular formula is C16H22N2. The Bertz CT molecular complexity index is 534. The number of nitrogens with one attached hydrogen (secondary N) is 1. The zero-order chi connectivity index (χ0) is 13.1. The summed E-state index contributed by atoms with van der Waals surface area (Å²) in [6.07, 6.45) is 0. The fourth-order valence-corrected chi connectivity index (χ4v) is 2.36. The maximum atomic E-state index is 4.54. The van der Waals surface area contributed by atoms with Gasteiger partial charge >= 0.3 is 0 Å². The van der Waals surface area contributed by atoms with Crippen LogP contribution in [-0.2, 0) is 0 Å². The summed E-state index contributed by atoms with van der Waals surface area (Å²) in [5.41, 5.74) is 3.56. The Kier molecular flexibility index (Phi) is 3.97. The summed E-state index contributed by atoms with van der Waals surface area (Å²) >= 11 is 0. The Morgan fingerprint density at radius 3 is 2.67 bits per heavy atom. The lowest BCUT2D eigenvalue weighted by Gasteiger charge is -2.20. The van der Waals surface area contributed by atoms with E-state index >= 15 is 0 Å². The van der Waals surface area contributed by atoms with E-state index in [4.69, 9.17) is 0 Å². The fourth-order valence-electron chi connectivity index (χ4n) is 2.36. The van der Waals surface area contributed by atoms with Crippen molar-refractivity contribution in [2.45, 2.75) is 26.7 Å². The van der Waals surface area contributed by atoms with Crippen molar-refractivity contribution < 1.29 is 0 Å². The maximum absolute atomic E-state index is 4.54. The highest BCUT2D eigenvalue weighted by Crippen LogP contribution is 2.26. The Hall–Kier alpha value is -1.41. The van der Waals surface area contributed by atoms with Gasteiger partial charge in [0.1, 0.15) is 0 Å². The summed E-state index contributed by atoms with van der Waals surface area (Å²) in [5, 5.41) is 4.49. The molecular weight excluding hydrogens is 220 g/mol. The molecule has 0 amide bonds. The molecule has 18 heavy (non-hydrogen) atoms. The summed E-state index contributed by atoms with van der Waals surface area (Å²) in [4.78, 5) is 4.54. The van der Waals surface area contributed by atoms with Crippen LogP contribution in [0.1, 0.15) is 31.0 Å². The monoisotopic (exact) mass is 242 g/mol. The van der Waals surface area contributed by atoms with E-state index in [1.807, 2.05) is 14.0 Å². The van der Waals surface area contributed by atoms with Crippen LogP contribution in [0.2, 0.25) is 0 Å². The predicted octanol–water partition coefficient (Wildman–Crippen LogP) is 3.50. The minimum atomic E-state index is 0.558. The van der Waals surface area contributed by atoms with Crippen molar-refractivity contribution >= 4 is 10.9 Å². The van der Waals surface area contributed by atoms with Gasteiger partial charge in [-0.15, -0.1) is 0 Å². The molecule has 0 fully saturated rings. The Balaban J connectivity index is 2.32. The number of aryl methyl sites for hydroxylation is 1. The molecule has 1 aromatic carbocycles. The molecule has 0 radical (unpaired) electrons. The molecule has 0 saturated carbocycles. The van der Waals surface area contributed by atoms with E-state index < -0.39 is 0 Å². The second-order valence-electron chi connectivity index (χ2n) is 5.23. The highest BCUT2D eigenvalue weighted by Gasteiger charge is 2.14. The van der Waals surface area contributed by atoms with Gasteiger partial charge in [-0.2, -0.15) is 0 Å². The van der Waals surface area contributed by atoms with Gasteiger partial charge in [-0.3, -0.25) is 4.98 Å². The number of aromatic nitrogens is 1. The Morgan fingerprint density at radius 1 is 1.17 bits per heavy atom. The molecule has 2 atom stereocenters. The number of fused-ring (bicyclic) bond motifs is 1. The summed E-state index contributed by atoms with van der Waals surface area (Å²) < 4.78 is 0. The molecule has 1 aromatic heterocycles. The van der Waals surface area contributed by atoms with Gasteiger partial charge in [-0.05, 0) is 56.1 Å². The number of pyridine rings is 1. The van der Waals surface area contributed by atoms with Crippen molar-refractivity contribution in [2.75, 3.05) is 13.6 Å². The minimum Gasteiger partial charge on any atom is -0.319 e. The fraction of sp³-hybridized carbons (Fsp3) is 0.438. The van der Waals surface area contributed by atoms with E-state index in [0.717, 1.165) is 17.8 Å². The first kappa shape index (κ1) is 13.0. The molecule has 96 valence electrons. The first-order chi connectivity index (χ1) is 8.61. The zero-order valence-electron chi connectivity index (χ0n) is 11.7. The first-order valence-corrected chi connectivity index (χ1v) is 6.63. The van der Waals surface area contributed by atoms with Crippen LogP contribution in [0, 0.1) is 12.8 Å². The Morgan fingerprint density at radius 2 is 1.94 bits per heavy atom. The molecule has 0 aliphatic heterocycles. The third-order valence-corrected chi connectivity index (χ3v) is 3.76. The number of nitrogens with zero attached hydrogens (tertiary/aromatic N) is 1. The largest absolute Gasteiger partial charge is 0.319 e. The molecule has 2 heteroatoms. The van der Waals surface area contributed by atoms with Gasteiger partial charge in [0.15, 0.2) is 0 Å². The molecule has 2 rings (SSSR count). The van der Waals surface area contributed by atoms with Crippen LogP contribution < -0.4 is 5.32 Å². The van der Waals surface area contributed by atoms with E-state index in [0.29, 0.717) is 11.8 Å². The smallest absolute Gasteiger partial charge is 0.0705 e. The van der Waals surface area contributed by atoms with E-state index in [1.165, 1.54) is 10.9 Å². The standard InChI is InChI=1S/C16H22N2/c1-11(10-17-4)13(3)14-7-8-16-15(9-14)6-5-12(2)18-16/h5-9,11,13,17H,10H2,1-4H3. The van der Waals surface area contributed by atoms with Gasteiger partial charge in [-0.1, -0.05) is 26.0 Å². The van der Waals surface area contributed by atoms with Crippen LogP contribution >= 0.6 is 0 Å². The van der Waals surface area contributed by atoms with Crippen LogP contribution in [0.4, 0.5) is 0 Å². The third kappa shape index (κ3) is 2.70. The highest BCUT2D eigenvalue weighted by atomic mass is 14.8. The molecule has 0 aliphatic rings. The molecule has 2 nitrogen and oxygen atoms in total. The number of rotatable bonds is 4. The van der Waals surface area contributed by atoms with Gasteiger partial charge in [0.25, 0.3) is 0 Å². The molecule has 0 spiro atoms. The second kappa shape index (κ2) is 5.49. The Labute approximate surface area is 109 Å². The van der Waals surface area contributed by atoms with Crippen molar-refractivity contribution in [1.29, 1.82) is 0 Å². The highest BCUT2D eigenvalue weighted by molar-refractivity contribution is 5.79. The van der Waals surface area contributed by atoms with Crippen molar-refractivity contribution in [3.63, 3.8) is 0 Å². The van der Waals surface area contributed by atoms with Crippen molar-refractivity contribution in [3.8, 4) is 0 Å². The van der Waals surface area contributed by atoms with E-state index in [9.17, 15) is 0 Å². The number of hydrogen-bond acceptors (Lipinski definition) is 2. The maximum Gasteiger partial charge on any atom is 0.0705 e.